The first-order valence-electron chi connectivity index (χ1n) is 2.50. The third-order valence-electron chi connectivity index (χ3n) is 0.375. The summed E-state index contributed by atoms with van der Waals surface area (Å²) < 4.78 is 6.53. The fourth-order valence-electron chi connectivity index (χ4n) is 0. The van der Waals surface area contributed by atoms with Crippen LogP contribution in [0, 0.1) is 11.9 Å². The Morgan fingerprint density at radius 3 is 2.17 bits per heavy atom. The van der Waals surface area contributed by atoms with Gasteiger partial charge in [0.05, 0.1) is 0 Å². The van der Waals surface area contributed by atoms with Crippen LogP contribution in [0.5, 0.6) is 0 Å². The molecule has 34 valence electrons. The Morgan fingerprint density at radius 1 is 1.67 bits per heavy atom. The number of rotatable bonds is 0. The summed E-state index contributed by atoms with van der Waals surface area (Å²) in [5, 5.41) is 0. The van der Waals surface area contributed by atoms with Crippen LogP contribution < -0.4 is 0 Å². The lowest BCUT2D eigenvalue weighted by Crippen LogP contribution is -2.15. The Bertz CT molecular complexity index is 101. The normalized spacial score (nSPS) is 11.5. The summed E-state index contributed by atoms with van der Waals surface area (Å²) in [6.45, 7) is 6.36. The van der Waals surface area contributed by atoms with Crippen molar-refractivity contribution < 1.29 is 1.37 Å². The van der Waals surface area contributed by atoms with E-state index in [-0.39, 0.29) is 0 Å². The highest BCUT2D eigenvalue weighted by Gasteiger charge is 2.05. The van der Waals surface area contributed by atoms with Gasteiger partial charge in [0, 0.05) is 0 Å². The summed E-state index contributed by atoms with van der Waals surface area (Å²) in [5.74, 6) is 0. The zero-order chi connectivity index (χ0) is 5.91. The van der Waals surface area contributed by atoms with E-state index in [4.69, 9.17) is 1.37 Å². The zero-order valence-corrected chi connectivity index (χ0v) is 5.50. The lowest BCUT2D eigenvalue weighted by Gasteiger charge is -2.00. The molecule has 0 saturated carbocycles. The van der Waals surface area contributed by atoms with E-state index in [1.165, 1.54) is 0 Å². The van der Waals surface area contributed by atoms with Crippen LogP contribution in [0.15, 0.2) is 0 Å². The molecule has 0 fully saturated rings. The first-order chi connectivity index (χ1) is 3.06. The van der Waals surface area contributed by atoms with Crippen LogP contribution in [0.25, 0.3) is 0 Å². The van der Waals surface area contributed by atoms with Crippen molar-refractivity contribution >= 4 is 8.07 Å². The second-order valence-electron chi connectivity index (χ2n) is 2.38. The standard InChI is InChI=1S/C5H10Si/c1-5-6(2,3)4/h1H,2-4H3/i1T. The molecule has 0 bridgehead atoms. The largest absolute Gasteiger partial charge is 0.135 e. The van der Waals surface area contributed by atoms with Gasteiger partial charge in [-0.15, -0.1) is 11.9 Å². The van der Waals surface area contributed by atoms with Crippen molar-refractivity contribution in [2.45, 2.75) is 19.6 Å². The van der Waals surface area contributed by atoms with Crippen molar-refractivity contribution in [3.63, 3.8) is 0 Å². The summed E-state index contributed by atoms with van der Waals surface area (Å²) in [5.41, 5.74) is 2.84. The lowest BCUT2D eigenvalue weighted by molar-refractivity contribution is 1.82. The maximum Gasteiger partial charge on any atom is 0.128 e. The van der Waals surface area contributed by atoms with Gasteiger partial charge in [0.15, 0.2) is 0 Å². The second-order valence-corrected chi connectivity index (χ2v) is 7.12. The molecule has 0 aromatic rings. The van der Waals surface area contributed by atoms with E-state index < -0.39 is 8.07 Å². The molecule has 0 rings (SSSR count). The Labute approximate surface area is 42.0 Å². The average Bonchev–Trinajstić information content (AvgIpc) is 1.30. The van der Waals surface area contributed by atoms with Gasteiger partial charge in [0.25, 0.3) is 0 Å². The number of hydrogen-bond donors (Lipinski definition) is 0. The lowest BCUT2D eigenvalue weighted by atomic mass is 11.4. The van der Waals surface area contributed by atoms with Gasteiger partial charge in [-0.2, -0.15) is 0 Å². The summed E-state index contributed by atoms with van der Waals surface area (Å²) in [4.78, 5) is 0. The zero-order valence-electron chi connectivity index (χ0n) is 5.50. The SMILES string of the molecule is [3H]C#C[Si](C)(C)C. The van der Waals surface area contributed by atoms with Crippen LogP contribution in [0.1, 0.15) is 1.37 Å². The van der Waals surface area contributed by atoms with Crippen LogP contribution >= 0.6 is 0 Å². The van der Waals surface area contributed by atoms with Crippen molar-refractivity contribution in [3.05, 3.63) is 0 Å². The minimum atomic E-state index is -1.21. The molecule has 0 radical (unpaired) electrons. The minimum absolute atomic E-state index is 1.21. The van der Waals surface area contributed by atoms with E-state index in [9.17, 15) is 0 Å². The van der Waals surface area contributed by atoms with Crippen LogP contribution in [0.2, 0.25) is 19.6 Å². The summed E-state index contributed by atoms with van der Waals surface area (Å²) in [6, 6.07) is 0. The highest BCUT2D eigenvalue weighted by molar-refractivity contribution is 6.83. The Kier molecular flexibility index (Phi) is 0.977. The topological polar surface area (TPSA) is 0 Å². The van der Waals surface area contributed by atoms with Crippen LogP contribution in [-0.2, 0) is 0 Å². The summed E-state index contributed by atoms with van der Waals surface area (Å²) in [7, 11) is -1.21. The smallest absolute Gasteiger partial charge is 0.128 e. The summed E-state index contributed by atoms with van der Waals surface area (Å²) >= 11 is 0. The maximum atomic E-state index is 6.53. The van der Waals surface area contributed by atoms with Crippen molar-refractivity contribution in [2.75, 3.05) is 0 Å². The van der Waals surface area contributed by atoms with Gasteiger partial charge >= 0.3 is 0 Å². The molecule has 0 aliphatic carbocycles. The molecular weight excluding hydrogens is 88.1 g/mol. The molecular formula is C5H10Si. The Morgan fingerprint density at radius 2 is 2.17 bits per heavy atom. The highest BCUT2D eigenvalue weighted by atomic mass is 28.3. The van der Waals surface area contributed by atoms with Gasteiger partial charge in [-0.25, -0.2) is 0 Å². The monoisotopic (exact) mass is 100 g/mol. The van der Waals surface area contributed by atoms with Crippen LogP contribution in [-0.4, -0.2) is 8.07 Å². The Balaban J connectivity index is 3.72. The van der Waals surface area contributed by atoms with E-state index in [2.05, 4.69) is 31.6 Å². The molecule has 0 aromatic carbocycles. The fourth-order valence-corrected chi connectivity index (χ4v) is 0. The van der Waals surface area contributed by atoms with E-state index >= 15 is 0 Å². The van der Waals surface area contributed by atoms with E-state index in [0.717, 1.165) is 0 Å². The fraction of sp³-hybridized carbons (Fsp3) is 0.600. The van der Waals surface area contributed by atoms with Gasteiger partial charge in [-0.3, -0.25) is 0 Å². The molecule has 0 unspecified atom stereocenters. The van der Waals surface area contributed by atoms with E-state index in [1.54, 1.807) is 0 Å². The molecule has 1 heteroatoms. The predicted octanol–water partition coefficient (Wildman–Crippen LogP) is 1.50. The van der Waals surface area contributed by atoms with Gasteiger partial charge in [-0.05, 0) is 0 Å². The Hall–Kier alpha value is -0.223. The number of terminal acetylenes is 1. The predicted molar refractivity (Wildman–Crippen MR) is 32.2 cm³/mol. The van der Waals surface area contributed by atoms with Crippen molar-refractivity contribution in [1.29, 1.82) is 0 Å². The molecule has 0 N–H and O–H groups in total. The molecule has 0 saturated heterocycles. The van der Waals surface area contributed by atoms with Crippen molar-refractivity contribution in [2.24, 2.45) is 0 Å². The molecule has 0 atom stereocenters. The van der Waals surface area contributed by atoms with E-state index in [0.29, 0.717) is 0 Å². The maximum absolute atomic E-state index is 6.53. The summed E-state index contributed by atoms with van der Waals surface area (Å²) in [6.07, 6.45) is 2.17. The highest BCUT2D eigenvalue weighted by Crippen LogP contribution is 1.94. The molecule has 0 amide bonds. The van der Waals surface area contributed by atoms with Crippen molar-refractivity contribution in [3.8, 4) is 11.9 Å². The van der Waals surface area contributed by atoms with Crippen LogP contribution in [0.3, 0.4) is 0 Å². The molecule has 6 heavy (non-hydrogen) atoms. The van der Waals surface area contributed by atoms with Gasteiger partial charge < -0.3 is 0 Å². The van der Waals surface area contributed by atoms with Crippen molar-refractivity contribution in [1.82, 2.24) is 0 Å². The third-order valence-corrected chi connectivity index (χ3v) is 1.12. The first kappa shape index (κ1) is 3.95. The molecule has 0 nitrogen and oxygen atoms in total. The molecule has 0 spiro atoms. The second kappa shape index (κ2) is 1.48. The third kappa shape index (κ3) is 3.78. The quantitative estimate of drug-likeness (QED) is 0.319. The van der Waals surface area contributed by atoms with Crippen LogP contribution in [0.4, 0.5) is 0 Å². The van der Waals surface area contributed by atoms with Gasteiger partial charge in [0.1, 0.15) is 9.44 Å². The molecule has 0 heterocycles. The molecule has 0 aromatic heterocycles. The molecule has 0 aliphatic heterocycles. The van der Waals surface area contributed by atoms with E-state index in [1.807, 2.05) is 0 Å². The molecule has 0 aliphatic rings. The van der Waals surface area contributed by atoms with Gasteiger partial charge in [0.2, 0.25) is 0 Å². The number of hydrogen-bond acceptors (Lipinski definition) is 0. The van der Waals surface area contributed by atoms with Gasteiger partial charge in [-0.1, -0.05) is 19.6 Å². The minimum Gasteiger partial charge on any atom is -0.135 e. The average molecular weight is 100 g/mol. The first-order valence-corrected chi connectivity index (χ1v) is 5.50.